The van der Waals surface area contributed by atoms with Gasteiger partial charge in [0.1, 0.15) is 11.8 Å². The Hall–Kier alpha value is -2.04. The van der Waals surface area contributed by atoms with E-state index >= 15 is 0 Å². The Labute approximate surface area is 150 Å². The van der Waals surface area contributed by atoms with E-state index in [1.165, 1.54) is 0 Å². The molecule has 1 N–H and O–H groups in total. The van der Waals surface area contributed by atoms with Gasteiger partial charge in [0.2, 0.25) is 11.8 Å². The molecule has 0 spiro atoms. The number of nitrogens with zero attached hydrogens (tertiary/aromatic N) is 1. The van der Waals surface area contributed by atoms with Gasteiger partial charge in [-0.25, -0.2) is 0 Å². The van der Waals surface area contributed by atoms with Gasteiger partial charge in [-0.05, 0) is 49.3 Å². The lowest BCUT2D eigenvalue weighted by Crippen LogP contribution is -2.48. The summed E-state index contributed by atoms with van der Waals surface area (Å²) in [6.07, 6.45) is 3.84. The summed E-state index contributed by atoms with van der Waals surface area (Å²) in [4.78, 5) is 26.9. The molecule has 0 aromatic heterocycles. The molecule has 138 valence electrons. The average Bonchev–Trinajstić information content (AvgIpc) is 3.13. The normalized spacial score (nSPS) is 15.3. The third-order valence-corrected chi connectivity index (χ3v) is 4.56. The number of hydrogen-bond donors (Lipinski definition) is 1. The quantitative estimate of drug-likeness (QED) is 0.787. The zero-order valence-corrected chi connectivity index (χ0v) is 15.6. The number of hydrogen-bond acceptors (Lipinski definition) is 3. The number of rotatable bonds is 8. The maximum absolute atomic E-state index is 12.7. The molecule has 1 aliphatic heterocycles. The van der Waals surface area contributed by atoms with Crippen molar-refractivity contribution in [1.82, 2.24) is 10.2 Å². The lowest BCUT2D eigenvalue weighted by Gasteiger charge is -2.25. The molecule has 5 heteroatoms. The first-order valence-electron chi connectivity index (χ1n) is 9.20. The summed E-state index contributed by atoms with van der Waals surface area (Å²) in [6, 6.07) is 7.32. The SMILES string of the molecule is COc1ccc(CCC(=O)N[C@@H](CC(C)C)C(=O)N2CCCC2)cc1. The lowest BCUT2D eigenvalue weighted by atomic mass is 10.0. The van der Waals surface area contributed by atoms with Gasteiger partial charge < -0.3 is 15.0 Å². The van der Waals surface area contributed by atoms with E-state index in [9.17, 15) is 9.59 Å². The number of likely N-dealkylation sites (tertiary alicyclic amines) is 1. The Morgan fingerprint density at radius 1 is 1.16 bits per heavy atom. The molecule has 0 bridgehead atoms. The van der Waals surface area contributed by atoms with E-state index in [0.717, 1.165) is 37.2 Å². The zero-order chi connectivity index (χ0) is 18.2. The smallest absolute Gasteiger partial charge is 0.245 e. The molecule has 0 saturated carbocycles. The van der Waals surface area contributed by atoms with Crippen LogP contribution in [-0.4, -0.2) is 43.0 Å². The molecule has 1 heterocycles. The molecular formula is C20H30N2O3. The van der Waals surface area contributed by atoms with Crippen LogP contribution in [0.3, 0.4) is 0 Å². The van der Waals surface area contributed by atoms with Crippen molar-refractivity contribution in [3.05, 3.63) is 29.8 Å². The van der Waals surface area contributed by atoms with E-state index in [1.807, 2.05) is 29.2 Å². The number of carbonyl (C=O) groups is 2. The van der Waals surface area contributed by atoms with Gasteiger partial charge in [-0.1, -0.05) is 26.0 Å². The molecule has 0 aliphatic carbocycles. The number of benzene rings is 1. The molecule has 0 radical (unpaired) electrons. The van der Waals surface area contributed by atoms with E-state index < -0.39 is 6.04 Å². The van der Waals surface area contributed by atoms with Crippen LogP contribution in [0.1, 0.15) is 45.1 Å². The van der Waals surface area contributed by atoms with Crippen molar-refractivity contribution in [2.45, 2.75) is 52.0 Å². The van der Waals surface area contributed by atoms with Gasteiger partial charge in [0.15, 0.2) is 0 Å². The van der Waals surface area contributed by atoms with Crippen molar-refractivity contribution >= 4 is 11.8 Å². The van der Waals surface area contributed by atoms with Gasteiger partial charge >= 0.3 is 0 Å². The second kappa shape index (κ2) is 9.44. The van der Waals surface area contributed by atoms with Crippen molar-refractivity contribution in [3.8, 4) is 5.75 Å². The highest BCUT2D eigenvalue weighted by Gasteiger charge is 2.28. The molecule has 25 heavy (non-hydrogen) atoms. The standard InChI is InChI=1S/C20H30N2O3/c1-15(2)14-18(20(24)22-12-4-5-13-22)21-19(23)11-8-16-6-9-17(25-3)10-7-16/h6-7,9-10,15,18H,4-5,8,11-14H2,1-3H3,(H,21,23)/t18-/m0/s1. The van der Waals surface area contributed by atoms with Crippen LogP contribution in [0.4, 0.5) is 0 Å². The van der Waals surface area contributed by atoms with E-state index in [0.29, 0.717) is 25.2 Å². The fraction of sp³-hybridized carbons (Fsp3) is 0.600. The Bertz CT molecular complexity index is 563. The second-order valence-corrected chi connectivity index (χ2v) is 7.13. The first kappa shape index (κ1) is 19.3. The zero-order valence-electron chi connectivity index (χ0n) is 15.6. The highest BCUT2D eigenvalue weighted by molar-refractivity contribution is 5.87. The molecule has 1 fully saturated rings. The third-order valence-electron chi connectivity index (χ3n) is 4.56. The molecule has 0 unspecified atom stereocenters. The highest BCUT2D eigenvalue weighted by atomic mass is 16.5. The van der Waals surface area contributed by atoms with E-state index in [4.69, 9.17) is 4.74 Å². The molecule has 1 aromatic carbocycles. The van der Waals surface area contributed by atoms with Gasteiger partial charge in [-0.3, -0.25) is 9.59 Å². The fourth-order valence-corrected chi connectivity index (χ4v) is 3.17. The Balaban J connectivity index is 1.87. The van der Waals surface area contributed by atoms with Gasteiger partial charge in [-0.15, -0.1) is 0 Å². The van der Waals surface area contributed by atoms with Gasteiger partial charge in [-0.2, -0.15) is 0 Å². The van der Waals surface area contributed by atoms with E-state index in [-0.39, 0.29) is 11.8 Å². The average molecular weight is 346 g/mol. The van der Waals surface area contributed by atoms with Crippen LogP contribution in [0.25, 0.3) is 0 Å². The predicted octanol–water partition coefficient (Wildman–Crippen LogP) is 2.78. The van der Waals surface area contributed by atoms with Crippen molar-refractivity contribution in [2.24, 2.45) is 5.92 Å². The topological polar surface area (TPSA) is 58.6 Å². The molecule has 1 aliphatic rings. The molecule has 5 nitrogen and oxygen atoms in total. The molecule has 1 atom stereocenters. The van der Waals surface area contributed by atoms with Crippen LogP contribution in [-0.2, 0) is 16.0 Å². The fourth-order valence-electron chi connectivity index (χ4n) is 3.17. The summed E-state index contributed by atoms with van der Waals surface area (Å²) in [7, 11) is 1.63. The van der Waals surface area contributed by atoms with Crippen LogP contribution in [0.5, 0.6) is 5.75 Å². The summed E-state index contributed by atoms with van der Waals surface area (Å²) >= 11 is 0. The number of amides is 2. The largest absolute Gasteiger partial charge is 0.497 e. The van der Waals surface area contributed by atoms with Crippen LogP contribution >= 0.6 is 0 Å². The number of carbonyl (C=O) groups excluding carboxylic acids is 2. The van der Waals surface area contributed by atoms with Crippen molar-refractivity contribution in [2.75, 3.05) is 20.2 Å². The number of nitrogens with one attached hydrogen (secondary N) is 1. The van der Waals surface area contributed by atoms with Crippen LogP contribution in [0, 0.1) is 5.92 Å². The van der Waals surface area contributed by atoms with E-state index in [2.05, 4.69) is 19.2 Å². The van der Waals surface area contributed by atoms with Crippen LogP contribution < -0.4 is 10.1 Å². The molecule has 2 amide bonds. The van der Waals surface area contributed by atoms with Crippen LogP contribution in [0.15, 0.2) is 24.3 Å². The minimum absolute atomic E-state index is 0.0611. The molecule has 2 rings (SSSR count). The van der Waals surface area contributed by atoms with E-state index in [1.54, 1.807) is 7.11 Å². The predicted molar refractivity (Wildman–Crippen MR) is 98.5 cm³/mol. The summed E-state index contributed by atoms with van der Waals surface area (Å²) in [5, 5.41) is 2.96. The molecule has 1 saturated heterocycles. The first-order valence-corrected chi connectivity index (χ1v) is 9.20. The van der Waals surface area contributed by atoms with Crippen LogP contribution in [0.2, 0.25) is 0 Å². The maximum Gasteiger partial charge on any atom is 0.245 e. The van der Waals surface area contributed by atoms with Gasteiger partial charge in [0.05, 0.1) is 7.11 Å². The highest BCUT2D eigenvalue weighted by Crippen LogP contribution is 2.15. The molecule has 1 aromatic rings. The van der Waals surface area contributed by atoms with Gasteiger partial charge in [0, 0.05) is 19.5 Å². The molecular weight excluding hydrogens is 316 g/mol. The summed E-state index contributed by atoms with van der Waals surface area (Å²) in [5.74, 6) is 1.18. The monoisotopic (exact) mass is 346 g/mol. The number of ether oxygens (including phenoxy) is 1. The number of methoxy groups -OCH3 is 1. The summed E-state index contributed by atoms with van der Waals surface area (Å²) in [5.41, 5.74) is 1.09. The van der Waals surface area contributed by atoms with Crippen molar-refractivity contribution < 1.29 is 14.3 Å². The maximum atomic E-state index is 12.7. The Morgan fingerprint density at radius 2 is 1.80 bits per heavy atom. The minimum Gasteiger partial charge on any atom is -0.497 e. The number of aryl methyl sites for hydroxylation is 1. The van der Waals surface area contributed by atoms with Crippen molar-refractivity contribution in [3.63, 3.8) is 0 Å². The lowest BCUT2D eigenvalue weighted by molar-refractivity contribution is -0.136. The van der Waals surface area contributed by atoms with Gasteiger partial charge in [0.25, 0.3) is 0 Å². The summed E-state index contributed by atoms with van der Waals surface area (Å²) in [6.45, 7) is 5.78. The Kier molecular flexibility index (Phi) is 7.29. The third kappa shape index (κ3) is 6.07. The summed E-state index contributed by atoms with van der Waals surface area (Å²) < 4.78 is 5.14. The Morgan fingerprint density at radius 3 is 2.36 bits per heavy atom. The second-order valence-electron chi connectivity index (χ2n) is 7.13. The van der Waals surface area contributed by atoms with Crippen molar-refractivity contribution in [1.29, 1.82) is 0 Å². The first-order chi connectivity index (χ1) is 12.0. The minimum atomic E-state index is -0.401.